The molecule has 2 fully saturated rings. The first-order valence-electron chi connectivity index (χ1n) is 9.21. The van der Waals surface area contributed by atoms with Crippen molar-refractivity contribution < 1.29 is 14.3 Å². The number of amides is 2. The van der Waals surface area contributed by atoms with E-state index < -0.39 is 5.92 Å². The highest BCUT2D eigenvalue weighted by atomic mass is 35.5. The zero-order valence-corrected chi connectivity index (χ0v) is 15.9. The standard InChI is InChI=1S/C19H26ClN3O3/c1-14-13-15(3-4-17(14)20)23-8-5-16(19(23)25)18(24)21-6-2-7-22-9-11-26-12-10-22/h3-4,13,16H,2,5-12H2,1H3,(H,21,24). The van der Waals surface area contributed by atoms with E-state index in [2.05, 4.69) is 10.2 Å². The van der Waals surface area contributed by atoms with Crippen LogP contribution in [0.15, 0.2) is 18.2 Å². The molecular weight excluding hydrogens is 354 g/mol. The largest absolute Gasteiger partial charge is 0.379 e. The first-order chi connectivity index (χ1) is 12.6. The number of nitrogens with one attached hydrogen (secondary N) is 1. The first-order valence-corrected chi connectivity index (χ1v) is 9.59. The minimum Gasteiger partial charge on any atom is -0.379 e. The molecule has 1 N–H and O–H groups in total. The van der Waals surface area contributed by atoms with E-state index >= 15 is 0 Å². The molecule has 2 saturated heterocycles. The maximum absolute atomic E-state index is 12.6. The van der Waals surface area contributed by atoms with Gasteiger partial charge in [0, 0.05) is 36.9 Å². The Hall–Kier alpha value is -1.63. The summed E-state index contributed by atoms with van der Waals surface area (Å²) in [4.78, 5) is 29.0. The highest BCUT2D eigenvalue weighted by Gasteiger charge is 2.37. The Morgan fingerprint density at radius 2 is 2.08 bits per heavy atom. The molecule has 2 heterocycles. The highest BCUT2D eigenvalue weighted by Crippen LogP contribution is 2.28. The van der Waals surface area contributed by atoms with E-state index in [0.29, 0.717) is 24.5 Å². The SMILES string of the molecule is Cc1cc(N2CCC(C(=O)NCCCN3CCOCC3)C2=O)ccc1Cl. The second-order valence-electron chi connectivity index (χ2n) is 6.86. The number of benzene rings is 1. The number of aryl methyl sites for hydroxylation is 1. The molecule has 0 spiro atoms. The second kappa shape index (κ2) is 8.84. The average molecular weight is 380 g/mol. The van der Waals surface area contributed by atoms with Crippen LogP contribution in [0.2, 0.25) is 5.02 Å². The van der Waals surface area contributed by atoms with Gasteiger partial charge in [-0.05, 0) is 50.1 Å². The number of carbonyl (C=O) groups is 2. The fourth-order valence-corrected chi connectivity index (χ4v) is 3.56. The number of halogens is 1. The molecule has 0 bridgehead atoms. The Bertz CT molecular complexity index is 661. The van der Waals surface area contributed by atoms with Gasteiger partial charge >= 0.3 is 0 Å². The Labute approximate surface area is 159 Å². The molecule has 1 aromatic rings. The van der Waals surface area contributed by atoms with Gasteiger partial charge in [0.15, 0.2) is 0 Å². The van der Waals surface area contributed by atoms with Gasteiger partial charge in [-0.15, -0.1) is 0 Å². The highest BCUT2D eigenvalue weighted by molar-refractivity contribution is 6.31. The molecular formula is C19H26ClN3O3. The monoisotopic (exact) mass is 379 g/mol. The lowest BCUT2D eigenvalue weighted by Gasteiger charge is -2.26. The molecule has 1 atom stereocenters. The third kappa shape index (κ3) is 4.55. The van der Waals surface area contributed by atoms with E-state index in [1.54, 1.807) is 11.0 Å². The van der Waals surface area contributed by atoms with Crippen molar-refractivity contribution in [1.29, 1.82) is 0 Å². The normalized spacial score (nSPS) is 21.2. The number of hydrogen-bond donors (Lipinski definition) is 1. The van der Waals surface area contributed by atoms with Crippen LogP contribution in [-0.4, -0.2) is 62.7 Å². The van der Waals surface area contributed by atoms with E-state index in [1.807, 2.05) is 19.1 Å². The van der Waals surface area contributed by atoms with Crippen LogP contribution in [0.1, 0.15) is 18.4 Å². The zero-order valence-electron chi connectivity index (χ0n) is 15.2. The quantitative estimate of drug-likeness (QED) is 0.605. The zero-order chi connectivity index (χ0) is 18.5. The maximum atomic E-state index is 12.6. The molecule has 26 heavy (non-hydrogen) atoms. The van der Waals surface area contributed by atoms with Gasteiger partial charge in [0.2, 0.25) is 11.8 Å². The fourth-order valence-electron chi connectivity index (χ4n) is 3.44. The van der Waals surface area contributed by atoms with Crippen molar-refractivity contribution in [2.75, 3.05) is 50.8 Å². The summed E-state index contributed by atoms with van der Waals surface area (Å²) in [6.07, 6.45) is 1.43. The van der Waals surface area contributed by atoms with Crippen LogP contribution in [0, 0.1) is 12.8 Å². The number of anilines is 1. The topological polar surface area (TPSA) is 61.9 Å². The molecule has 6 nitrogen and oxygen atoms in total. The van der Waals surface area contributed by atoms with E-state index in [4.69, 9.17) is 16.3 Å². The Balaban J connectivity index is 1.46. The molecule has 2 aliphatic rings. The minimum absolute atomic E-state index is 0.127. The molecule has 0 aromatic heterocycles. The molecule has 0 aliphatic carbocycles. The van der Waals surface area contributed by atoms with E-state index in [0.717, 1.165) is 50.5 Å². The van der Waals surface area contributed by atoms with E-state index in [9.17, 15) is 9.59 Å². The van der Waals surface area contributed by atoms with Crippen LogP contribution >= 0.6 is 11.6 Å². The molecule has 142 valence electrons. The van der Waals surface area contributed by atoms with Crippen molar-refractivity contribution in [3.63, 3.8) is 0 Å². The summed E-state index contributed by atoms with van der Waals surface area (Å²) in [5.74, 6) is -0.878. The second-order valence-corrected chi connectivity index (χ2v) is 7.27. The number of hydrogen-bond acceptors (Lipinski definition) is 4. The summed E-state index contributed by atoms with van der Waals surface area (Å²) < 4.78 is 5.32. The summed E-state index contributed by atoms with van der Waals surface area (Å²) in [5, 5.41) is 3.60. The molecule has 0 radical (unpaired) electrons. The number of nitrogens with zero attached hydrogens (tertiary/aromatic N) is 2. The molecule has 2 aliphatic heterocycles. The molecule has 2 amide bonds. The summed E-state index contributed by atoms with van der Waals surface area (Å²) in [7, 11) is 0. The number of ether oxygens (including phenoxy) is 1. The Kier molecular flexibility index (Phi) is 6.51. The number of rotatable bonds is 6. The maximum Gasteiger partial charge on any atom is 0.239 e. The van der Waals surface area contributed by atoms with Crippen LogP contribution in [0.4, 0.5) is 5.69 Å². The van der Waals surface area contributed by atoms with E-state index in [-0.39, 0.29) is 11.8 Å². The van der Waals surface area contributed by atoms with Crippen molar-refractivity contribution >= 4 is 29.1 Å². The third-order valence-corrected chi connectivity index (χ3v) is 5.45. The third-order valence-electron chi connectivity index (χ3n) is 5.03. The van der Waals surface area contributed by atoms with Crippen LogP contribution in [0.3, 0.4) is 0 Å². The van der Waals surface area contributed by atoms with Crippen LogP contribution < -0.4 is 10.2 Å². The van der Waals surface area contributed by atoms with Crippen molar-refractivity contribution in [3.8, 4) is 0 Å². The Morgan fingerprint density at radius 1 is 1.31 bits per heavy atom. The van der Waals surface area contributed by atoms with Crippen molar-refractivity contribution in [3.05, 3.63) is 28.8 Å². The molecule has 1 aromatic carbocycles. The Morgan fingerprint density at radius 3 is 2.81 bits per heavy atom. The van der Waals surface area contributed by atoms with Crippen molar-refractivity contribution in [2.45, 2.75) is 19.8 Å². The van der Waals surface area contributed by atoms with Crippen molar-refractivity contribution in [1.82, 2.24) is 10.2 Å². The van der Waals surface area contributed by atoms with E-state index in [1.165, 1.54) is 0 Å². The fraction of sp³-hybridized carbons (Fsp3) is 0.579. The van der Waals surface area contributed by atoms with Gasteiger partial charge < -0.3 is 15.0 Å². The van der Waals surface area contributed by atoms with Crippen LogP contribution in [0.5, 0.6) is 0 Å². The predicted octanol–water partition coefficient (Wildman–Crippen LogP) is 1.84. The van der Waals surface area contributed by atoms with Gasteiger partial charge in [0.25, 0.3) is 0 Å². The number of carbonyl (C=O) groups excluding carboxylic acids is 2. The average Bonchev–Trinajstić information content (AvgIpc) is 3.03. The molecule has 3 rings (SSSR count). The lowest BCUT2D eigenvalue weighted by molar-refractivity contribution is -0.132. The van der Waals surface area contributed by atoms with Gasteiger partial charge in [-0.25, -0.2) is 0 Å². The predicted molar refractivity (Wildman–Crippen MR) is 102 cm³/mol. The summed E-state index contributed by atoms with van der Waals surface area (Å²) in [6, 6.07) is 5.51. The summed E-state index contributed by atoms with van der Waals surface area (Å²) in [6.45, 7) is 7.47. The van der Waals surface area contributed by atoms with Gasteiger partial charge in [-0.1, -0.05) is 11.6 Å². The summed E-state index contributed by atoms with van der Waals surface area (Å²) in [5.41, 5.74) is 1.73. The van der Waals surface area contributed by atoms with Gasteiger partial charge in [-0.2, -0.15) is 0 Å². The molecule has 0 saturated carbocycles. The van der Waals surface area contributed by atoms with Crippen LogP contribution in [-0.2, 0) is 14.3 Å². The smallest absolute Gasteiger partial charge is 0.239 e. The summed E-state index contributed by atoms with van der Waals surface area (Å²) >= 11 is 6.05. The lowest BCUT2D eigenvalue weighted by Crippen LogP contribution is -2.40. The van der Waals surface area contributed by atoms with Gasteiger partial charge in [-0.3, -0.25) is 14.5 Å². The minimum atomic E-state index is -0.589. The van der Waals surface area contributed by atoms with Gasteiger partial charge in [0.05, 0.1) is 13.2 Å². The molecule has 7 heteroatoms. The van der Waals surface area contributed by atoms with Crippen molar-refractivity contribution in [2.24, 2.45) is 5.92 Å². The first kappa shape index (κ1) is 19.1. The van der Waals surface area contributed by atoms with Gasteiger partial charge in [0.1, 0.15) is 5.92 Å². The lowest BCUT2D eigenvalue weighted by atomic mass is 10.1. The number of morpholine rings is 1. The molecule has 1 unspecified atom stereocenters. The van der Waals surface area contributed by atoms with Crippen LogP contribution in [0.25, 0.3) is 0 Å².